The molecule has 0 bridgehead atoms. The van der Waals surface area contributed by atoms with Crippen LogP contribution in [0.2, 0.25) is 0 Å². The van der Waals surface area contributed by atoms with E-state index in [2.05, 4.69) is 24.4 Å². The molecule has 0 amide bonds. The zero-order valence-electron chi connectivity index (χ0n) is 9.47. The molecule has 88 valence electrons. The Morgan fingerprint density at radius 2 is 2.25 bits per heavy atom. The Bertz CT molecular complexity index is 418. The summed E-state index contributed by atoms with van der Waals surface area (Å²) in [6.07, 6.45) is 0.531. The Labute approximate surface area is 103 Å². The van der Waals surface area contributed by atoms with Crippen LogP contribution in [0.3, 0.4) is 0 Å². The number of ether oxygens (including phenoxy) is 1. The lowest BCUT2D eigenvalue weighted by Gasteiger charge is -2.16. The molecule has 2 rings (SSSR count). The smallest absolute Gasteiger partial charge is 0.0908 e. The quantitative estimate of drug-likeness (QED) is 0.884. The first-order chi connectivity index (χ1) is 7.72. The molecular weight excluding hydrogens is 240 g/mol. The molecule has 0 saturated carbocycles. The van der Waals surface area contributed by atoms with Gasteiger partial charge in [0.25, 0.3) is 0 Å². The first-order valence-electron chi connectivity index (χ1n) is 5.36. The van der Waals surface area contributed by atoms with Gasteiger partial charge in [0.1, 0.15) is 0 Å². The predicted octanol–water partition coefficient (Wildman–Crippen LogP) is 3.67. The molecule has 0 saturated heterocycles. The van der Waals surface area contributed by atoms with Crippen molar-refractivity contribution in [3.8, 4) is 0 Å². The molecule has 1 N–H and O–H groups in total. The van der Waals surface area contributed by atoms with Gasteiger partial charge in [-0.25, -0.2) is 0 Å². The minimum Gasteiger partial charge on any atom is -0.387 e. The van der Waals surface area contributed by atoms with Crippen LogP contribution in [0.5, 0.6) is 0 Å². The fourth-order valence-corrected chi connectivity index (χ4v) is 3.91. The van der Waals surface area contributed by atoms with Crippen molar-refractivity contribution in [3.05, 3.63) is 22.4 Å². The molecule has 4 heteroatoms. The van der Waals surface area contributed by atoms with Crippen molar-refractivity contribution in [1.82, 2.24) is 0 Å². The highest BCUT2D eigenvalue weighted by molar-refractivity contribution is 7.26. The predicted molar refractivity (Wildman–Crippen MR) is 70.3 cm³/mol. The minimum atomic E-state index is -0.361. The Kier molecular flexibility index (Phi) is 3.97. The number of thiophene rings is 2. The molecule has 2 nitrogen and oxygen atoms in total. The van der Waals surface area contributed by atoms with E-state index in [1.807, 2.05) is 0 Å². The number of fused-ring (bicyclic) bond motifs is 1. The average Bonchev–Trinajstić information content (AvgIpc) is 2.84. The summed E-state index contributed by atoms with van der Waals surface area (Å²) in [5, 5.41) is 12.3. The van der Waals surface area contributed by atoms with E-state index >= 15 is 0 Å². The standard InChI is InChI=1S/C12H16O2S2/c1-8(3-5-14-2)12(13)11-7-10-9(16-11)4-6-15-10/h4,6-8,12-13H,3,5H2,1-2H3. The molecule has 2 aromatic heterocycles. The van der Waals surface area contributed by atoms with E-state index in [-0.39, 0.29) is 12.0 Å². The fourth-order valence-electron chi connectivity index (χ4n) is 1.67. The monoisotopic (exact) mass is 256 g/mol. The first kappa shape index (κ1) is 12.0. The number of rotatable bonds is 5. The van der Waals surface area contributed by atoms with Crippen LogP contribution < -0.4 is 0 Å². The lowest BCUT2D eigenvalue weighted by molar-refractivity contribution is 0.0912. The molecule has 2 heterocycles. The van der Waals surface area contributed by atoms with Crippen LogP contribution in [-0.4, -0.2) is 18.8 Å². The largest absolute Gasteiger partial charge is 0.387 e. The minimum absolute atomic E-state index is 0.243. The SMILES string of the molecule is COCCC(C)C(O)c1cc2sccc2s1. The molecule has 2 unspecified atom stereocenters. The van der Waals surface area contributed by atoms with Gasteiger partial charge in [-0.2, -0.15) is 0 Å². The van der Waals surface area contributed by atoms with Crippen molar-refractivity contribution in [1.29, 1.82) is 0 Å². The summed E-state index contributed by atoms with van der Waals surface area (Å²) in [5.41, 5.74) is 0. The lowest BCUT2D eigenvalue weighted by atomic mass is 10.0. The summed E-state index contributed by atoms with van der Waals surface area (Å²) in [4.78, 5) is 1.07. The van der Waals surface area contributed by atoms with E-state index in [0.29, 0.717) is 6.61 Å². The summed E-state index contributed by atoms with van der Waals surface area (Å²) in [7, 11) is 1.69. The summed E-state index contributed by atoms with van der Waals surface area (Å²) >= 11 is 3.42. The Morgan fingerprint density at radius 3 is 2.94 bits per heavy atom. The molecule has 2 atom stereocenters. The fraction of sp³-hybridized carbons (Fsp3) is 0.500. The van der Waals surface area contributed by atoms with Crippen LogP contribution >= 0.6 is 22.7 Å². The van der Waals surface area contributed by atoms with E-state index in [0.717, 1.165) is 11.3 Å². The maximum atomic E-state index is 10.2. The van der Waals surface area contributed by atoms with Gasteiger partial charge in [-0.1, -0.05) is 6.92 Å². The maximum Gasteiger partial charge on any atom is 0.0908 e. The zero-order chi connectivity index (χ0) is 11.5. The van der Waals surface area contributed by atoms with E-state index in [1.54, 1.807) is 29.8 Å². The van der Waals surface area contributed by atoms with E-state index in [4.69, 9.17) is 4.74 Å². The van der Waals surface area contributed by atoms with Gasteiger partial charge < -0.3 is 9.84 Å². The van der Waals surface area contributed by atoms with Gasteiger partial charge in [0.15, 0.2) is 0 Å². The van der Waals surface area contributed by atoms with Crippen molar-refractivity contribution in [3.63, 3.8) is 0 Å². The van der Waals surface area contributed by atoms with Crippen molar-refractivity contribution in [2.45, 2.75) is 19.4 Å². The van der Waals surface area contributed by atoms with Gasteiger partial charge in [0, 0.05) is 28.0 Å². The van der Waals surface area contributed by atoms with E-state index < -0.39 is 0 Å². The highest BCUT2D eigenvalue weighted by Gasteiger charge is 2.18. The molecule has 0 spiro atoms. The average molecular weight is 256 g/mol. The van der Waals surface area contributed by atoms with Crippen LogP contribution in [0.25, 0.3) is 9.40 Å². The lowest BCUT2D eigenvalue weighted by Crippen LogP contribution is -2.10. The van der Waals surface area contributed by atoms with Crippen LogP contribution in [-0.2, 0) is 4.74 Å². The second-order valence-corrected chi connectivity index (χ2v) is 6.06. The second kappa shape index (κ2) is 5.27. The van der Waals surface area contributed by atoms with Crippen LogP contribution in [0.1, 0.15) is 24.3 Å². The summed E-state index contributed by atoms with van der Waals surface area (Å²) in [6, 6.07) is 4.22. The number of hydrogen-bond donors (Lipinski definition) is 1. The normalized spacial score (nSPS) is 15.4. The highest BCUT2D eigenvalue weighted by Crippen LogP contribution is 2.36. The van der Waals surface area contributed by atoms with Gasteiger partial charge in [0.05, 0.1) is 6.10 Å². The van der Waals surface area contributed by atoms with Crippen molar-refractivity contribution in [2.24, 2.45) is 5.92 Å². The zero-order valence-corrected chi connectivity index (χ0v) is 11.1. The Hall–Kier alpha value is -0.420. The van der Waals surface area contributed by atoms with Crippen LogP contribution in [0, 0.1) is 5.92 Å². The van der Waals surface area contributed by atoms with Gasteiger partial charge in [0.2, 0.25) is 0 Å². The van der Waals surface area contributed by atoms with Crippen LogP contribution in [0.4, 0.5) is 0 Å². The number of aliphatic hydroxyl groups excluding tert-OH is 1. The Balaban J connectivity index is 2.08. The van der Waals surface area contributed by atoms with E-state index in [9.17, 15) is 5.11 Å². The maximum absolute atomic E-state index is 10.2. The molecule has 2 aromatic rings. The molecule has 16 heavy (non-hydrogen) atoms. The molecule has 0 aliphatic heterocycles. The number of methoxy groups -OCH3 is 1. The highest BCUT2D eigenvalue weighted by atomic mass is 32.1. The van der Waals surface area contributed by atoms with Crippen molar-refractivity contribution >= 4 is 32.1 Å². The summed E-state index contributed by atoms with van der Waals surface area (Å²) in [5.74, 6) is 0.243. The molecule has 0 aliphatic rings. The number of aliphatic hydroxyl groups is 1. The third kappa shape index (κ3) is 2.46. The van der Waals surface area contributed by atoms with Gasteiger partial charge in [-0.05, 0) is 29.9 Å². The third-order valence-corrected chi connectivity index (χ3v) is 4.93. The Morgan fingerprint density at radius 1 is 1.44 bits per heavy atom. The molecular formula is C12H16O2S2. The summed E-state index contributed by atoms with van der Waals surface area (Å²) < 4.78 is 7.59. The van der Waals surface area contributed by atoms with Crippen molar-refractivity contribution in [2.75, 3.05) is 13.7 Å². The van der Waals surface area contributed by atoms with Crippen LogP contribution in [0.15, 0.2) is 17.5 Å². The molecule has 0 aromatic carbocycles. The van der Waals surface area contributed by atoms with E-state index in [1.165, 1.54) is 9.40 Å². The second-order valence-electron chi connectivity index (χ2n) is 4.00. The van der Waals surface area contributed by atoms with Gasteiger partial charge in [-0.15, -0.1) is 22.7 Å². The topological polar surface area (TPSA) is 29.5 Å². The number of hydrogen-bond acceptors (Lipinski definition) is 4. The van der Waals surface area contributed by atoms with Gasteiger partial charge in [-0.3, -0.25) is 0 Å². The molecule has 0 fully saturated rings. The third-order valence-electron chi connectivity index (χ3n) is 2.77. The molecule has 0 radical (unpaired) electrons. The van der Waals surface area contributed by atoms with Gasteiger partial charge >= 0.3 is 0 Å². The summed E-state index contributed by atoms with van der Waals surface area (Å²) in [6.45, 7) is 2.77. The first-order valence-corrected chi connectivity index (χ1v) is 7.06. The molecule has 0 aliphatic carbocycles. The van der Waals surface area contributed by atoms with Crippen molar-refractivity contribution < 1.29 is 9.84 Å².